The largest absolute Gasteiger partial charge is 0.336 e. The minimum absolute atomic E-state index is 0.0945. The third-order valence-electron chi connectivity index (χ3n) is 3.18. The molecule has 1 amide bonds. The van der Waals surface area contributed by atoms with Crippen molar-refractivity contribution in [2.24, 2.45) is 0 Å². The second-order valence-corrected chi connectivity index (χ2v) is 6.79. The van der Waals surface area contributed by atoms with Crippen molar-refractivity contribution < 1.29 is 4.79 Å². The highest BCUT2D eigenvalue weighted by molar-refractivity contribution is 8.00. The van der Waals surface area contributed by atoms with Crippen molar-refractivity contribution in [1.82, 2.24) is 14.9 Å². The number of carbonyl (C=O) groups excluding carboxylic acids is 1. The quantitative estimate of drug-likeness (QED) is 0.653. The third kappa shape index (κ3) is 3.79. The Labute approximate surface area is 134 Å². The van der Waals surface area contributed by atoms with Crippen LogP contribution in [-0.2, 0) is 4.79 Å². The molecule has 2 rings (SSSR count). The summed E-state index contributed by atoms with van der Waals surface area (Å²) in [5, 5.41) is 11.2. The summed E-state index contributed by atoms with van der Waals surface area (Å²) in [4.78, 5) is 12.2. The number of aryl methyl sites for hydroxylation is 1. The zero-order valence-electron chi connectivity index (χ0n) is 13.2. The molecule has 0 saturated heterocycles. The highest BCUT2D eigenvalue weighted by atomic mass is 32.2. The van der Waals surface area contributed by atoms with E-state index in [0.29, 0.717) is 11.0 Å². The predicted octanol–water partition coefficient (Wildman–Crippen LogP) is 2.54. The van der Waals surface area contributed by atoms with Gasteiger partial charge in [-0.25, -0.2) is 4.68 Å². The summed E-state index contributed by atoms with van der Waals surface area (Å²) >= 11 is 1.29. The highest BCUT2D eigenvalue weighted by Gasteiger charge is 2.20. The summed E-state index contributed by atoms with van der Waals surface area (Å²) in [7, 11) is 0. The minimum Gasteiger partial charge on any atom is -0.336 e. The highest BCUT2D eigenvalue weighted by Crippen LogP contribution is 2.23. The normalized spacial score (nSPS) is 12.4. The second-order valence-electron chi connectivity index (χ2n) is 5.48. The fraction of sp³-hybridized carbons (Fsp3) is 0.400. The Morgan fingerprint density at radius 3 is 2.41 bits per heavy atom. The van der Waals surface area contributed by atoms with Gasteiger partial charge in [0.2, 0.25) is 11.1 Å². The van der Waals surface area contributed by atoms with Gasteiger partial charge in [0.25, 0.3) is 0 Å². The average molecular weight is 319 g/mol. The number of aromatic nitrogens is 3. The molecule has 0 aliphatic heterocycles. The van der Waals surface area contributed by atoms with E-state index in [-0.39, 0.29) is 17.1 Å². The molecule has 0 aliphatic rings. The lowest BCUT2D eigenvalue weighted by Gasteiger charge is -2.12. The molecule has 118 valence electrons. The fourth-order valence-corrected chi connectivity index (χ4v) is 2.63. The molecule has 1 atom stereocenters. The van der Waals surface area contributed by atoms with Crippen molar-refractivity contribution in [2.45, 2.75) is 44.0 Å². The Hall–Kier alpha value is -2.02. The Morgan fingerprint density at radius 1 is 1.23 bits per heavy atom. The van der Waals surface area contributed by atoms with Gasteiger partial charge in [0.1, 0.15) is 0 Å². The molecule has 3 N–H and O–H groups in total. The van der Waals surface area contributed by atoms with Crippen LogP contribution in [0.15, 0.2) is 29.4 Å². The van der Waals surface area contributed by atoms with Crippen molar-refractivity contribution >= 4 is 23.4 Å². The lowest BCUT2D eigenvalue weighted by atomic mass is 10.2. The van der Waals surface area contributed by atoms with Crippen molar-refractivity contribution in [3.05, 3.63) is 35.7 Å². The number of amides is 1. The van der Waals surface area contributed by atoms with Crippen LogP contribution in [0.5, 0.6) is 0 Å². The monoisotopic (exact) mass is 319 g/mol. The Balaban J connectivity index is 2.01. The molecule has 1 aromatic carbocycles. The molecule has 0 saturated carbocycles. The van der Waals surface area contributed by atoms with E-state index in [1.54, 1.807) is 0 Å². The van der Waals surface area contributed by atoms with Gasteiger partial charge >= 0.3 is 0 Å². The first-order chi connectivity index (χ1) is 10.4. The number of nitrogens with two attached hydrogens (primary N) is 1. The van der Waals surface area contributed by atoms with Crippen LogP contribution < -0.4 is 11.2 Å². The number of rotatable bonds is 5. The summed E-state index contributed by atoms with van der Waals surface area (Å²) in [5.41, 5.74) is 1.93. The van der Waals surface area contributed by atoms with Crippen LogP contribution in [0.1, 0.15) is 38.1 Å². The van der Waals surface area contributed by atoms with Crippen LogP contribution in [0.25, 0.3) is 0 Å². The first-order valence-corrected chi connectivity index (χ1v) is 8.01. The number of anilines is 1. The van der Waals surface area contributed by atoms with E-state index >= 15 is 0 Å². The van der Waals surface area contributed by atoms with Crippen LogP contribution in [0.3, 0.4) is 0 Å². The molecule has 0 spiro atoms. The summed E-state index contributed by atoms with van der Waals surface area (Å²) < 4.78 is 1.45. The Kier molecular flexibility index (Phi) is 5.07. The van der Waals surface area contributed by atoms with E-state index in [1.807, 2.05) is 52.0 Å². The van der Waals surface area contributed by atoms with E-state index in [1.165, 1.54) is 16.4 Å². The number of carbonyl (C=O) groups is 1. The summed E-state index contributed by atoms with van der Waals surface area (Å²) in [6, 6.07) is 7.68. The van der Waals surface area contributed by atoms with Crippen molar-refractivity contribution in [3.8, 4) is 0 Å². The van der Waals surface area contributed by atoms with Crippen LogP contribution in [0.4, 0.5) is 5.69 Å². The molecule has 6 nitrogen and oxygen atoms in total. The van der Waals surface area contributed by atoms with Crippen molar-refractivity contribution in [1.29, 1.82) is 0 Å². The third-order valence-corrected chi connectivity index (χ3v) is 4.23. The Morgan fingerprint density at radius 2 is 1.86 bits per heavy atom. The van der Waals surface area contributed by atoms with E-state index in [9.17, 15) is 4.79 Å². The number of hydrogen-bond acceptors (Lipinski definition) is 5. The van der Waals surface area contributed by atoms with Gasteiger partial charge in [-0.3, -0.25) is 4.79 Å². The standard InChI is InChI=1S/C15H21N5OS/c1-9(2)13-18-19-15(20(13)16)22-11(4)14(21)17-12-7-5-10(3)6-8-12/h5-9,11H,16H2,1-4H3,(H,17,21)/t11-/m1/s1. The van der Waals surface area contributed by atoms with Crippen molar-refractivity contribution in [2.75, 3.05) is 11.2 Å². The summed E-state index contributed by atoms with van der Waals surface area (Å²) in [6.07, 6.45) is 0. The van der Waals surface area contributed by atoms with Gasteiger partial charge in [0.05, 0.1) is 5.25 Å². The smallest absolute Gasteiger partial charge is 0.237 e. The minimum atomic E-state index is -0.326. The maximum absolute atomic E-state index is 12.2. The lowest BCUT2D eigenvalue weighted by Crippen LogP contribution is -2.24. The van der Waals surface area contributed by atoms with E-state index in [4.69, 9.17) is 5.84 Å². The van der Waals surface area contributed by atoms with Crippen LogP contribution in [0, 0.1) is 6.92 Å². The fourth-order valence-electron chi connectivity index (χ4n) is 1.85. The van der Waals surface area contributed by atoms with Crippen LogP contribution in [-0.4, -0.2) is 26.0 Å². The van der Waals surface area contributed by atoms with Crippen LogP contribution >= 0.6 is 11.8 Å². The molecule has 0 radical (unpaired) electrons. The SMILES string of the molecule is Cc1ccc(NC(=O)[C@@H](C)Sc2nnc(C(C)C)n2N)cc1. The number of nitrogen functional groups attached to an aromatic ring is 1. The van der Waals surface area contributed by atoms with E-state index in [0.717, 1.165) is 11.3 Å². The Bertz CT molecular complexity index is 650. The lowest BCUT2D eigenvalue weighted by molar-refractivity contribution is -0.115. The average Bonchev–Trinajstić information content (AvgIpc) is 2.82. The molecular formula is C15H21N5OS. The number of thioether (sulfide) groups is 1. The van der Waals surface area contributed by atoms with Crippen molar-refractivity contribution in [3.63, 3.8) is 0 Å². The van der Waals surface area contributed by atoms with Gasteiger partial charge in [0, 0.05) is 11.6 Å². The molecule has 0 fully saturated rings. The molecule has 0 unspecified atom stereocenters. The van der Waals surface area contributed by atoms with Gasteiger partial charge < -0.3 is 11.2 Å². The van der Waals surface area contributed by atoms with Gasteiger partial charge in [-0.05, 0) is 26.0 Å². The zero-order valence-corrected chi connectivity index (χ0v) is 14.0. The number of hydrogen-bond donors (Lipinski definition) is 2. The molecule has 0 aliphatic carbocycles. The van der Waals surface area contributed by atoms with E-state index < -0.39 is 0 Å². The first kappa shape index (κ1) is 16.4. The molecule has 22 heavy (non-hydrogen) atoms. The van der Waals surface area contributed by atoms with E-state index in [2.05, 4.69) is 15.5 Å². The van der Waals surface area contributed by atoms with Gasteiger partial charge in [-0.1, -0.05) is 43.3 Å². The molecule has 1 aromatic heterocycles. The molecular weight excluding hydrogens is 298 g/mol. The molecule has 2 aromatic rings. The summed E-state index contributed by atoms with van der Waals surface area (Å²) in [6.45, 7) is 7.81. The summed E-state index contributed by atoms with van der Waals surface area (Å²) in [5.74, 6) is 6.75. The van der Waals surface area contributed by atoms with Gasteiger partial charge in [-0.2, -0.15) is 0 Å². The maximum Gasteiger partial charge on any atom is 0.237 e. The van der Waals surface area contributed by atoms with Gasteiger partial charge in [0.15, 0.2) is 5.82 Å². The predicted molar refractivity (Wildman–Crippen MR) is 89.4 cm³/mol. The molecule has 0 bridgehead atoms. The number of benzene rings is 1. The zero-order chi connectivity index (χ0) is 16.3. The number of nitrogens with one attached hydrogen (secondary N) is 1. The van der Waals surface area contributed by atoms with Gasteiger partial charge in [-0.15, -0.1) is 10.2 Å². The molecule has 1 heterocycles. The van der Waals surface area contributed by atoms with Crippen LogP contribution in [0.2, 0.25) is 0 Å². The topological polar surface area (TPSA) is 85.8 Å². The maximum atomic E-state index is 12.2. The second kappa shape index (κ2) is 6.83. The first-order valence-electron chi connectivity index (χ1n) is 7.13. The number of nitrogens with zero attached hydrogens (tertiary/aromatic N) is 3. The molecule has 7 heteroatoms.